The maximum atomic E-state index is 10.5. The third-order valence-electron chi connectivity index (χ3n) is 2.64. The van der Waals surface area contributed by atoms with Crippen molar-refractivity contribution >= 4 is 17.3 Å². The number of benzene rings is 2. The summed E-state index contributed by atoms with van der Waals surface area (Å²) in [5.74, 6) is -0.763. The Bertz CT molecular complexity index is 506. The van der Waals surface area contributed by atoms with Crippen molar-refractivity contribution in [3.05, 3.63) is 60.2 Å². The van der Waals surface area contributed by atoms with Crippen molar-refractivity contribution in [3.63, 3.8) is 0 Å². The molecular weight excluding hydrogens is 226 g/mol. The average molecular weight is 241 g/mol. The molecule has 0 atom stereocenters. The predicted molar refractivity (Wildman–Crippen MR) is 72.1 cm³/mol. The zero-order valence-corrected chi connectivity index (χ0v) is 9.97. The Hall–Kier alpha value is -2.29. The number of carboxylic acids is 1. The first-order chi connectivity index (χ1) is 8.74. The lowest BCUT2D eigenvalue weighted by Gasteiger charge is -2.07. The summed E-state index contributed by atoms with van der Waals surface area (Å²) < 4.78 is 0. The molecule has 3 nitrogen and oxygen atoms in total. The van der Waals surface area contributed by atoms with E-state index >= 15 is 0 Å². The van der Waals surface area contributed by atoms with Crippen molar-refractivity contribution in [2.75, 3.05) is 5.32 Å². The first kappa shape index (κ1) is 12.2. The van der Waals surface area contributed by atoms with Crippen LogP contribution in [-0.4, -0.2) is 11.1 Å². The van der Waals surface area contributed by atoms with Crippen LogP contribution in [0.25, 0.3) is 0 Å². The number of aliphatic carboxylic acids is 1. The van der Waals surface area contributed by atoms with Gasteiger partial charge in [-0.15, -0.1) is 0 Å². The summed E-state index contributed by atoms with van der Waals surface area (Å²) in [7, 11) is 0. The standard InChI is InChI=1S/C15H15NO2/c17-15(18)11-8-12-6-9-14(10-7-12)16-13-4-2-1-3-5-13/h1-7,9-10,16H,8,11H2,(H,17,18). The SMILES string of the molecule is O=C(O)CCc1ccc(Nc2ccccc2)cc1. The van der Waals surface area contributed by atoms with Crippen molar-refractivity contribution < 1.29 is 9.90 Å². The maximum Gasteiger partial charge on any atom is 0.303 e. The van der Waals surface area contributed by atoms with Crippen LogP contribution in [-0.2, 0) is 11.2 Å². The van der Waals surface area contributed by atoms with Crippen LogP contribution in [0.4, 0.5) is 11.4 Å². The lowest BCUT2D eigenvalue weighted by atomic mass is 10.1. The fraction of sp³-hybridized carbons (Fsp3) is 0.133. The molecule has 0 heterocycles. The number of hydrogen-bond donors (Lipinski definition) is 2. The van der Waals surface area contributed by atoms with Gasteiger partial charge in [0.25, 0.3) is 0 Å². The van der Waals surface area contributed by atoms with Gasteiger partial charge in [0.1, 0.15) is 0 Å². The highest BCUT2D eigenvalue weighted by Gasteiger charge is 1.99. The Morgan fingerprint density at radius 1 is 0.944 bits per heavy atom. The van der Waals surface area contributed by atoms with Crippen LogP contribution in [0.3, 0.4) is 0 Å². The van der Waals surface area contributed by atoms with E-state index in [-0.39, 0.29) is 6.42 Å². The van der Waals surface area contributed by atoms with Crippen LogP contribution >= 0.6 is 0 Å². The van der Waals surface area contributed by atoms with Gasteiger partial charge < -0.3 is 10.4 Å². The van der Waals surface area contributed by atoms with E-state index in [4.69, 9.17) is 5.11 Å². The number of rotatable bonds is 5. The van der Waals surface area contributed by atoms with E-state index in [1.165, 1.54) is 0 Å². The van der Waals surface area contributed by atoms with Gasteiger partial charge in [0.15, 0.2) is 0 Å². The van der Waals surface area contributed by atoms with Gasteiger partial charge in [-0.2, -0.15) is 0 Å². The lowest BCUT2D eigenvalue weighted by Crippen LogP contribution is -1.97. The monoisotopic (exact) mass is 241 g/mol. The molecule has 0 fully saturated rings. The van der Waals surface area contributed by atoms with Gasteiger partial charge in [0.05, 0.1) is 0 Å². The molecule has 2 rings (SSSR count). The number of carboxylic acid groups (broad SMARTS) is 1. The van der Waals surface area contributed by atoms with Crippen LogP contribution in [0.2, 0.25) is 0 Å². The minimum atomic E-state index is -0.763. The van der Waals surface area contributed by atoms with E-state index < -0.39 is 5.97 Å². The summed E-state index contributed by atoms with van der Waals surface area (Å²) in [4.78, 5) is 10.5. The van der Waals surface area contributed by atoms with Gasteiger partial charge in [-0.3, -0.25) is 4.79 Å². The fourth-order valence-corrected chi connectivity index (χ4v) is 1.69. The van der Waals surface area contributed by atoms with Gasteiger partial charge >= 0.3 is 5.97 Å². The lowest BCUT2D eigenvalue weighted by molar-refractivity contribution is -0.136. The minimum Gasteiger partial charge on any atom is -0.481 e. The number of carbonyl (C=O) groups is 1. The molecule has 0 unspecified atom stereocenters. The number of para-hydroxylation sites is 1. The van der Waals surface area contributed by atoms with E-state index in [0.29, 0.717) is 6.42 Å². The molecule has 18 heavy (non-hydrogen) atoms. The van der Waals surface area contributed by atoms with Crippen LogP contribution in [0.15, 0.2) is 54.6 Å². The van der Waals surface area contributed by atoms with Crippen molar-refractivity contribution in [1.82, 2.24) is 0 Å². The second-order valence-electron chi connectivity index (χ2n) is 4.08. The van der Waals surface area contributed by atoms with Gasteiger partial charge in [-0.1, -0.05) is 30.3 Å². The first-order valence-electron chi connectivity index (χ1n) is 5.87. The highest BCUT2D eigenvalue weighted by Crippen LogP contribution is 2.17. The highest BCUT2D eigenvalue weighted by atomic mass is 16.4. The van der Waals surface area contributed by atoms with Crippen molar-refractivity contribution in [2.45, 2.75) is 12.8 Å². The van der Waals surface area contributed by atoms with E-state index in [9.17, 15) is 4.79 Å². The average Bonchev–Trinajstić information content (AvgIpc) is 2.39. The Labute approximate surface area is 106 Å². The van der Waals surface area contributed by atoms with Gasteiger partial charge in [0.2, 0.25) is 0 Å². The van der Waals surface area contributed by atoms with Gasteiger partial charge in [-0.05, 0) is 36.2 Å². The number of nitrogens with one attached hydrogen (secondary N) is 1. The third-order valence-corrected chi connectivity index (χ3v) is 2.64. The fourth-order valence-electron chi connectivity index (χ4n) is 1.69. The number of hydrogen-bond acceptors (Lipinski definition) is 2. The quantitative estimate of drug-likeness (QED) is 0.843. The van der Waals surface area contributed by atoms with E-state index in [1.54, 1.807) is 0 Å². The molecular formula is C15H15NO2. The van der Waals surface area contributed by atoms with Crippen molar-refractivity contribution in [1.29, 1.82) is 0 Å². The molecule has 0 aliphatic heterocycles. The molecule has 0 saturated heterocycles. The molecule has 0 bridgehead atoms. The largest absolute Gasteiger partial charge is 0.481 e. The van der Waals surface area contributed by atoms with Crippen LogP contribution in [0.1, 0.15) is 12.0 Å². The summed E-state index contributed by atoms with van der Waals surface area (Å²) in [6.07, 6.45) is 0.742. The molecule has 0 aromatic heterocycles. The molecule has 0 spiro atoms. The molecule has 2 aromatic carbocycles. The molecule has 2 aromatic rings. The molecule has 0 amide bonds. The smallest absolute Gasteiger partial charge is 0.303 e. The van der Waals surface area contributed by atoms with Crippen LogP contribution in [0.5, 0.6) is 0 Å². The maximum absolute atomic E-state index is 10.5. The van der Waals surface area contributed by atoms with Crippen molar-refractivity contribution in [2.24, 2.45) is 0 Å². The summed E-state index contributed by atoms with van der Waals surface area (Å²) in [5, 5.41) is 11.9. The van der Waals surface area contributed by atoms with Gasteiger partial charge in [0, 0.05) is 17.8 Å². The molecule has 0 aliphatic rings. The summed E-state index contributed by atoms with van der Waals surface area (Å²) >= 11 is 0. The Morgan fingerprint density at radius 2 is 1.56 bits per heavy atom. The second-order valence-corrected chi connectivity index (χ2v) is 4.08. The van der Waals surface area contributed by atoms with E-state index in [0.717, 1.165) is 16.9 Å². The minimum absolute atomic E-state index is 0.172. The highest BCUT2D eigenvalue weighted by molar-refractivity contribution is 5.67. The van der Waals surface area contributed by atoms with Crippen LogP contribution < -0.4 is 5.32 Å². The zero-order valence-electron chi connectivity index (χ0n) is 9.97. The first-order valence-corrected chi connectivity index (χ1v) is 5.87. The Kier molecular flexibility index (Phi) is 3.97. The van der Waals surface area contributed by atoms with E-state index in [2.05, 4.69) is 5.32 Å². The molecule has 0 aliphatic carbocycles. The zero-order chi connectivity index (χ0) is 12.8. The number of anilines is 2. The Morgan fingerprint density at radius 3 is 2.17 bits per heavy atom. The Balaban J connectivity index is 1.97. The molecule has 92 valence electrons. The van der Waals surface area contributed by atoms with E-state index in [1.807, 2.05) is 54.6 Å². The third kappa shape index (κ3) is 3.63. The molecule has 2 N–H and O–H groups in total. The topological polar surface area (TPSA) is 49.3 Å². The second kappa shape index (κ2) is 5.87. The van der Waals surface area contributed by atoms with Gasteiger partial charge in [-0.25, -0.2) is 0 Å². The van der Waals surface area contributed by atoms with Crippen LogP contribution in [0, 0.1) is 0 Å². The normalized spacial score (nSPS) is 10.0. The molecule has 0 saturated carbocycles. The number of aryl methyl sites for hydroxylation is 1. The van der Waals surface area contributed by atoms with Crippen molar-refractivity contribution in [3.8, 4) is 0 Å². The summed E-state index contributed by atoms with van der Waals surface area (Å²) in [6, 6.07) is 17.8. The predicted octanol–water partition coefficient (Wildman–Crippen LogP) is 3.45. The summed E-state index contributed by atoms with van der Waals surface area (Å²) in [5.41, 5.74) is 3.08. The summed E-state index contributed by atoms with van der Waals surface area (Å²) in [6.45, 7) is 0. The molecule has 3 heteroatoms. The molecule has 0 radical (unpaired) electrons.